The van der Waals surface area contributed by atoms with E-state index < -0.39 is 5.60 Å². The first-order valence-corrected chi connectivity index (χ1v) is 6.71. The molecule has 2 rings (SSSR count). The van der Waals surface area contributed by atoms with Crippen molar-refractivity contribution in [1.29, 1.82) is 0 Å². The van der Waals surface area contributed by atoms with E-state index in [-0.39, 0.29) is 11.6 Å². The minimum Gasteiger partial charge on any atom is -0.444 e. The van der Waals surface area contributed by atoms with Crippen molar-refractivity contribution < 1.29 is 14.3 Å². The van der Waals surface area contributed by atoms with Gasteiger partial charge in [0.05, 0.1) is 18.8 Å². The molecule has 2 fully saturated rings. The van der Waals surface area contributed by atoms with Gasteiger partial charge in [0.1, 0.15) is 5.60 Å². The van der Waals surface area contributed by atoms with Gasteiger partial charge in [0.2, 0.25) is 0 Å². The number of carbonyl (C=O) groups is 1. The number of ether oxygens (including phenoxy) is 2. The van der Waals surface area contributed by atoms with Gasteiger partial charge in [0.15, 0.2) is 0 Å². The standard InChI is InChI=1S/C13H24N2O3/c1-12(2,3)18-11(16)14-8-13-6-4-5-10(15-13)7-17-9-13/h10,15H,4-9H2,1-3H3,(H,14,16). The first kappa shape index (κ1) is 13.6. The Morgan fingerprint density at radius 3 is 3.06 bits per heavy atom. The summed E-state index contributed by atoms with van der Waals surface area (Å²) in [5.41, 5.74) is -0.550. The lowest BCUT2D eigenvalue weighted by molar-refractivity contribution is -0.0271. The SMILES string of the molecule is CC(C)(C)OC(=O)NCC12CCCC(COC1)N2. The largest absolute Gasteiger partial charge is 0.444 e. The van der Waals surface area contributed by atoms with E-state index in [0.29, 0.717) is 19.2 Å². The molecule has 0 aromatic carbocycles. The lowest BCUT2D eigenvalue weighted by atomic mass is 9.85. The predicted octanol–water partition coefficient (Wildman–Crippen LogP) is 1.42. The van der Waals surface area contributed by atoms with E-state index in [1.54, 1.807) is 0 Å². The van der Waals surface area contributed by atoms with Gasteiger partial charge in [0.25, 0.3) is 0 Å². The smallest absolute Gasteiger partial charge is 0.407 e. The molecule has 2 unspecified atom stereocenters. The van der Waals surface area contributed by atoms with Crippen LogP contribution in [0.15, 0.2) is 0 Å². The summed E-state index contributed by atoms with van der Waals surface area (Å²) in [6, 6.07) is 0.438. The van der Waals surface area contributed by atoms with Crippen molar-refractivity contribution in [1.82, 2.24) is 10.6 Å². The summed E-state index contributed by atoms with van der Waals surface area (Å²) in [7, 11) is 0. The Balaban J connectivity index is 1.83. The number of rotatable bonds is 2. The van der Waals surface area contributed by atoms with E-state index in [9.17, 15) is 4.79 Å². The van der Waals surface area contributed by atoms with E-state index >= 15 is 0 Å². The fraction of sp³-hybridized carbons (Fsp3) is 0.923. The molecule has 2 N–H and O–H groups in total. The van der Waals surface area contributed by atoms with Crippen LogP contribution >= 0.6 is 0 Å². The zero-order chi connectivity index (χ0) is 13.2. The van der Waals surface area contributed by atoms with Crippen LogP contribution in [0.5, 0.6) is 0 Å². The average Bonchev–Trinajstić information content (AvgIpc) is 2.24. The second kappa shape index (κ2) is 5.05. The van der Waals surface area contributed by atoms with Crippen molar-refractivity contribution in [2.45, 2.75) is 57.2 Å². The molecule has 0 aliphatic carbocycles. The molecule has 104 valence electrons. The highest BCUT2D eigenvalue weighted by molar-refractivity contribution is 5.67. The van der Waals surface area contributed by atoms with Crippen LogP contribution in [0.3, 0.4) is 0 Å². The molecule has 0 aromatic rings. The number of hydrogen-bond donors (Lipinski definition) is 2. The molecule has 2 atom stereocenters. The quantitative estimate of drug-likeness (QED) is 0.784. The minimum atomic E-state index is -0.451. The third kappa shape index (κ3) is 3.59. The first-order chi connectivity index (χ1) is 8.39. The van der Waals surface area contributed by atoms with Crippen LogP contribution in [-0.2, 0) is 9.47 Å². The van der Waals surface area contributed by atoms with Crippen LogP contribution in [-0.4, -0.2) is 43.0 Å². The van der Waals surface area contributed by atoms with Gasteiger partial charge in [-0.1, -0.05) is 0 Å². The summed E-state index contributed by atoms with van der Waals surface area (Å²) < 4.78 is 10.9. The van der Waals surface area contributed by atoms with Gasteiger partial charge in [-0.05, 0) is 40.0 Å². The number of piperidine rings is 1. The van der Waals surface area contributed by atoms with E-state index in [1.165, 1.54) is 6.42 Å². The summed E-state index contributed by atoms with van der Waals surface area (Å²) in [4.78, 5) is 11.7. The Labute approximate surface area is 109 Å². The summed E-state index contributed by atoms with van der Waals surface area (Å²) in [5.74, 6) is 0. The zero-order valence-corrected chi connectivity index (χ0v) is 11.5. The maximum absolute atomic E-state index is 11.7. The number of nitrogens with one attached hydrogen (secondary N) is 2. The fourth-order valence-electron chi connectivity index (χ4n) is 2.65. The zero-order valence-electron chi connectivity index (χ0n) is 11.5. The van der Waals surface area contributed by atoms with Crippen LogP contribution in [0.2, 0.25) is 0 Å². The third-order valence-corrected chi connectivity index (χ3v) is 3.39. The fourth-order valence-corrected chi connectivity index (χ4v) is 2.65. The molecule has 2 aliphatic heterocycles. The van der Waals surface area contributed by atoms with Gasteiger partial charge in [-0.2, -0.15) is 0 Å². The molecular weight excluding hydrogens is 232 g/mol. The first-order valence-electron chi connectivity index (χ1n) is 6.71. The molecular formula is C13H24N2O3. The lowest BCUT2D eigenvalue weighted by Gasteiger charge is -2.46. The number of carbonyl (C=O) groups excluding carboxylic acids is 1. The third-order valence-electron chi connectivity index (χ3n) is 3.39. The number of amides is 1. The number of morpholine rings is 1. The van der Waals surface area contributed by atoms with E-state index in [0.717, 1.165) is 19.4 Å². The van der Waals surface area contributed by atoms with Crippen LogP contribution in [0.25, 0.3) is 0 Å². The highest BCUT2D eigenvalue weighted by atomic mass is 16.6. The normalized spacial score (nSPS) is 31.8. The number of hydrogen-bond acceptors (Lipinski definition) is 4. The molecule has 5 nitrogen and oxygen atoms in total. The molecule has 5 heteroatoms. The second-order valence-corrected chi connectivity index (χ2v) is 6.38. The van der Waals surface area contributed by atoms with Crippen LogP contribution < -0.4 is 10.6 Å². The van der Waals surface area contributed by atoms with E-state index in [4.69, 9.17) is 9.47 Å². The summed E-state index contributed by atoms with van der Waals surface area (Å²) in [6.07, 6.45) is 3.04. The number of fused-ring (bicyclic) bond motifs is 2. The lowest BCUT2D eigenvalue weighted by Crippen LogP contribution is -2.66. The van der Waals surface area contributed by atoms with Gasteiger partial charge in [-0.15, -0.1) is 0 Å². The Kier molecular flexibility index (Phi) is 3.82. The molecule has 18 heavy (non-hydrogen) atoms. The van der Waals surface area contributed by atoms with Gasteiger partial charge >= 0.3 is 6.09 Å². The summed E-state index contributed by atoms with van der Waals surface area (Å²) in [6.45, 7) is 7.61. The Bertz CT molecular complexity index is 302. The molecule has 0 spiro atoms. The molecule has 2 saturated heterocycles. The van der Waals surface area contributed by atoms with Crippen molar-refractivity contribution in [2.24, 2.45) is 0 Å². The van der Waals surface area contributed by atoms with Gasteiger partial charge in [0, 0.05) is 12.6 Å². The van der Waals surface area contributed by atoms with Crippen molar-refractivity contribution >= 4 is 6.09 Å². The summed E-state index contributed by atoms with van der Waals surface area (Å²) in [5, 5.41) is 6.44. The van der Waals surface area contributed by atoms with Crippen LogP contribution in [0.4, 0.5) is 4.79 Å². The van der Waals surface area contributed by atoms with Crippen LogP contribution in [0, 0.1) is 0 Å². The molecule has 1 amide bonds. The maximum atomic E-state index is 11.7. The molecule has 0 aromatic heterocycles. The Hall–Kier alpha value is -0.810. The average molecular weight is 256 g/mol. The molecule has 2 bridgehead atoms. The van der Waals surface area contributed by atoms with Crippen molar-refractivity contribution in [3.8, 4) is 0 Å². The molecule has 0 radical (unpaired) electrons. The number of alkyl carbamates (subject to hydrolysis) is 1. The van der Waals surface area contributed by atoms with E-state index in [2.05, 4.69) is 10.6 Å². The molecule has 0 saturated carbocycles. The highest BCUT2D eigenvalue weighted by Crippen LogP contribution is 2.26. The monoisotopic (exact) mass is 256 g/mol. The van der Waals surface area contributed by atoms with Gasteiger partial charge in [-0.3, -0.25) is 0 Å². The second-order valence-electron chi connectivity index (χ2n) is 6.38. The topological polar surface area (TPSA) is 59.6 Å². The molecule has 2 aliphatic rings. The van der Waals surface area contributed by atoms with E-state index in [1.807, 2.05) is 20.8 Å². The van der Waals surface area contributed by atoms with Crippen molar-refractivity contribution in [2.75, 3.05) is 19.8 Å². The Morgan fingerprint density at radius 2 is 2.33 bits per heavy atom. The van der Waals surface area contributed by atoms with Gasteiger partial charge < -0.3 is 20.1 Å². The minimum absolute atomic E-state index is 0.0991. The summed E-state index contributed by atoms with van der Waals surface area (Å²) >= 11 is 0. The highest BCUT2D eigenvalue weighted by Gasteiger charge is 2.39. The van der Waals surface area contributed by atoms with Crippen molar-refractivity contribution in [3.05, 3.63) is 0 Å². The predicted molar refractivity (Wildman–Crippen MR) is 68.6 cm³/mol. The maximum Gasteiger partial charge on any atom is 0.407 e. The van der Waals surface area contributed by atoms with Crippen LogP contribution in [0.1, 0.15) is 40.0 Å². The Morgan fingerprint density at radius 1 is 1.56 bits per heavy atom. The molecule has 2 heterocycles. The van der Waals surface area contributed by atoms with Crippen molar-refractivity contribution in [3.63, 3.8) is 0 Å². The van der Waals surface area contributed by atoms with Gasteiger partial charge in [-0.25, -0.2) is 4.79 Å².